The van der Waals surface area contributed by atoms with Crippen molar-refractivity contribution >= 4 is 0 Å². The molecule has 0 unspecified atom stereocenters. The quantitative estimate of drug-likeness (QED) is 0.674. The molecule has 0 amide bonds. The average molecular weight is 252 g/mol. The van der Waals surface area contributed by atoms with E-state index >= 15 is 0 Å². The van der Waals surface area contributed by atoms with E-state index in [-0.39, 0.29) is 0 Å². The first-order valence-corrected chi connectivity index (χ1v) is 7.36. The molecule has 2 aromatic carbocycles. The Morgan fingerprint density at radius 2 is 1.37 bits per heavy atom. The molecule has 2 rings (SSSR count). The third-order valence-corrected chi connectivity index (χ3v) is 3.41. The second kappa shape index (κ2) is 7.13. The first kappa shape index (κ1) is 13.9. The molecule has 0 fully saturated rings. The zero-order chi connectivity index (χ0) is 13.5. The summed E-state index contributed by atoms with van der Waals surface area (Å²) in [5.41, 5.74) is 4.40. The monoisotopic (exact) mass is 252 g/mol. The lowest BCUT2D eigenvalue weighted by molar-refractivity contribution is 0.646. The topological polar surface area (TPSA) is 0 Å². The molecule has 0 heterocycles. The molecule has 0 spiro atoms. The van der Waals surface area contributed by atoms with E-state index in [0.717, 1.165) is 5.92 Å². The van der Waals surface area contributed by atoms with Crippen molar-refractivity contribution in [3.63, 3.8) is 0 Å². The van der Waals surface area contributed by atoms with Gasteiger partial charge in [0.05, 0.1) is 0 Å². The highest BCUT2D eigenvalue weighted by molar-refractivity contribution is 5.24. The van der Waals surface area contributed by atoms with Crippen LogP contribution in [0.5, 0.6) is 0 Å². The Balaban J connectivity index is 1.86. The van der Waals surface area contributed by atoms with Crippen molar-refractivity contribution in [2.75, 3.05) is 0 Å². The summed E-state index contributed by atoms with van der Waals surface area (Å²) < 4.78 is 0. The highest BCUT2D eigenvalue weighted by atomic mass is 14.1. The zero-order valence-corrected chi connectivity index (χ0v) is 12.1. The minimum Gasteiger partial charge on any atom is -0.0625 e. The molecule has 0 aromatic heterocycles. The molecule has 0 nitrogen and oxygen atoms in total. The molecular formula is C19H24. The summed E-state index contributed by atoms with van der Waals surface area (Å²) in [7, 11) is 0. The van der Waals surface area contributed by atoms with Gasteiger partial charge in [-0.3, -0.25) is 0 Å². The molecule has 0 saturated heterocycles. The Morgan fingerprint density at radius 3 is 2.11 bits per heavy atom. The Kier molecular flexibility index (Phi) is 5.20. The summed E-state index contributed by atoms with van der Waals surface area (Å²) >= 11 is 0. The fourth-order valence-electron chi connectivity index (χ4n) is 2.52. The van der Waals surface area contributed by atoms with Gasteiger partial charge in [0.15, 0.2) is 0 Å². The van der Waals surface area contributed by atoms with Crippen molar-refractivity contribution in [3.05, 3.63) is 71.3 Å². The summed E-state index contributed by atoms with van der Waals surface area (Å²) in [5, 5.41) is 0. The molecule has 0 heteroatoms. The van der Waals surface area contributed by atoms with E-state index in [9.17, 15) is 0 Å². The number of benzene rings is 2. The summed E-state index contributed by atoms with van der Waals surface area (Å²) in [6.07, 6.45) is 4.78. The van der Waals surface area contributed by atoms with Crippen LogP contribution in [0.4, 0.5) is 0 Å². The Labute approximate surface area is 117 Å². The molecule has 2 aromatic rings. The number of hydrogen-bond acceptors (Lipinski definition) is 0. The molecule has 0 N–H and O–H groups in total. The van der Waals surface area contributed by atoms with Crippen molar-refractivity contribution in [2.45, 2.75) is 39.5 Å². The van der Waals surface area contributed by atoms with Gasteiger partial charge >= 0.3 is 0 Å². The maximum atomic E-state index is 2.38. The maximum Gasteiger partial charge on any atom is -0.0256 e. The molecule has 100 valence electrons. The van der Waals surface area contributed by atoms with Gasteiger partial charge in [0, 0.05) is 0 Å². The van der Waals surface area contributed by atoms with Crippen molar-refractivity contribution in [1.82, 2.24) is 0 Å². The fourth-order valence-corrected chi connectivity index (χ4v) is 2.52. The molecule has 0 aliphatic heterocycles. The van der Waals surface area contributed by atoms with Crippen LogP contribution in [0, 0.1) is 5.92 Å². The summed E-state index contributed by atoms with van der Waals surface area (Å²) in [5.74, 6) is 0.736. The van der Waals surface area contributed by atoms with Gasteiger partial charge in [-0.1, -0.05) is 68.4 Å². The van der Waals surface area contributed by atoms with Crippen molar-refractivity contribution < 1.29 is 0 Å². The van der Waals surface area contributed by atoms with Crippen LogP contribution in [-0.4, -0.2) is 0 Å². The predicted octanol–water partition coefficient (Wildman–Crippen LogP) is 5.06. The van der Waals surface area contributed by atoms with Crippen LogP contribution < -0.4 is 0 Å². The number of aryl methyl sites for hydroxylation is 2. The van der Waals surface area contributed by atoms with Crippen LogP contribution in [0.3, 0.4) is 0 Å². The lowest BCUT2D eigenvalue weighted by atomic mass is 9.98. The Morgan fingerprint density at radius 1 is 0.737 bits per heavy atom. The lowest BCUT2D eigenvalue weighted by Gasteiger charge is -2.07. The van der Waals surface area contributed by atoms with Gasteiger partial charge < -0.3 is 0 Å². The van der Waals surface area contributed by atoms with Gasteiger partial charge in [-0.05, 0) is 48.3 Å². The van der Waals surface area contributed by atoms with Gasteiger partial charge in [-0.25, -0.2) is 0 Å². The van der Waals surface area contributed by atoms with E-state index in [1.165, 1.54) is 42.4 Å². The standard InChI is InChI=1S/C19H24/c1-16(2)14-19-13-7-12-18(15-19)11-6-10-17-8-4-3-5-9-17/h3-5,7-9,12-13,15-16H,6,10-11,14H2,1-2H3. The largest absolute Gasteiger partial charge is 0.0625 e. The summed E-state index contributed by atoms with van der Waals surface area (Å²) in [6, 6.07) is 19.9. The summed E-state index contributed by atoms with van der Waals surface area (Å²) in [4.78, 5) is 0. The predicted molar refractivity (Wildman–Crippen MR) is 83.5 cm³/mol. The Bertz CT molecular complexity index is 482. The average Bonchev–Trinajstić information content (AvgIpc) is 2.40. The minimum atomic E-state index is 0.736. The Hall–Kier alpha value is -1.56. The number of rotatable bonds is 6. The van der Waals surface area contributed by atoms with Gasteiger partial charge in [-0.2, -0.15) is 0 Å². The maximum absolute atomic E-state index is 2.38. The van der Waals surface area contributed by atoms with E-state index in [1.54, 1.807) is 0 Å². The molecule has 19 heavy (non-hydrogen) atoms. The normalized spacial score (nSPS) is 10.9. The molecule has 0 aliphatic rings. The van der Waals surface area contributed by atoms with E-state index in [4.69, 9.17) is 0 Å². The molecule has 0 aliphatic carbocycles. The second-order valence-corrected chi connectivity index (χ2v) is 5.76. The van der Waals surface area contributed by atoms with Crippen LogP contribution in [0.25, 0.3) is 0 Å². The van der Waals surface area contributed by atoms with Crippen LogP contribution >= 0.6 is 0 Å². The first-order chi connectivity index (χ1) is 9.24. The molecule has 0 bridgehead atoms. The number of hydrogen-bond donors (Lipinski definition) is 0. The third-order valence-electron chi connectivity index (χ3n) is 3.41. The lowest BCUT2D eigenvalue weighted by Crippen LogP contribution is -1.96. The van der Waals surface area contributed by atoms with Crippen LogP contribution in [0.2, 0.25) is 0 Å². The first-order valence-electron chi connectivity index (χ1n) is 7.36. The highest BCUT2D eigenvalue weighted by Gasteiger charge is 2.00. The van der Waals surface area contributed by atoms with Crippen molar-refractivity contribution in [1.29, 1.82) is 0 Å². The van der Waals surface area contributed by atoms with Gasteiger partial charge in [0.2, 0.25) is 0 Å². The second-order valence-electron chi connectivity index (χ2n) is 5.76. The SMILES string of the molecule is CC(C)Cc1cccc(CCCc2ccccc2)c1. The van der Waals surface area contributed by atoms with Gasteiger partial charge in [0.1, 0.15) is 0 Å². The molecule has 0 radical (unpaired) electrons. The smallest absolute Gasteiger partial charge is 0.0256 e. The van der Waals surface area contributed by atoms with Crippen LogP contribution in [0.1, 0.15) is 37.0 Å². The van der Waals surface area contributed by atoms with Crippen LogP contribution in [0.15, 0.2) is 54.6 Å². The van der Waals surface area contributed by atoms with E-state index in [1.807, 2.05) is 0 Å². The molecule has 0 atom stereocenters. The van der Waals surface area contributed by atoms with E-state index < -0.39 is 0 Å². The van der Waals surface area contributed by atoms with Crippen molar-refractivity contribution in [2.24, 2.45) is 5.92 Å². The van der Waals surface area contributed by atoms with E-state index in [2.05, 4.69) is 68.4 Å². The zero-order valence-electron chi connectivity index (χ0n) is 12.1. The fraction of sp³-hybridized carbons (Fsp3) is 0.368. The molecule has 0 saturated carbocycles. The van der Waals surface area contributed by atoms with E-state index in [0.29, 0.717) is 0 Å². The van der Waals surface area contributed by atoms with Crippen molar-refractivity contribution in [3.8, 4) is 0 Å². The summed E-state index contributed by atoms with van der Waals surface area (Å²) in [6.45, 7) is 4.56. The van der Waals surface area contributed by atoms with Crippen LogP contribution in [-0.2, 0) is 19.3 Å². The minimum absolute atomic E-state index is 0.736. The third kappa shape index (κ3) is 4.90. The highest BCUT2D eigenvalue weighted by Crippen LogP contribution is 2.13. The van der Waals surface area contributed by atoms with Gasteiger partial charge in [-0.15, -0.1) is 0 Å². The molecular weight excluding hydrogens is 228 g/mol. The van der Waals surface area contributed by atoms with Gasteiger partial charge in [0.25, 0.3) is 0 Å².